The van der Waals surface area contributed by atoms with Crippen LogP contribution < -0.4 is 5.56 Å². The molecule has 2 heterocycles. The molecule has 31 heavy (non-hydrogen) atoms. The van der Waals surface area contributed by atoms with Gasteiger partial charge in [-0.05, 0) is 30.7 Å². The number of aromatic nitrogens is 2. The van der Waals surface area contributed by atoms with E-state index >= 15 is 0 Å². The van der Waals surface area contributed by atoms with Gasteiger partial charge in [0.05, 0.1) is 11.3 Å². The van der Waals surface area contributed by atoms with Gasteiger partial charge in [-0.25, -0.2) is 18.2 Å². The Labute approximate surface area is 172 Å². The summed E-state index contributed by atoms with van der Waals surface area (Å²) in [5, 5.41) is 0. The number of hydrogen-bond acceptors (Lipinski definition) is 3. The molecule has 0 saturated heterocycles. The van der Waals surface area contributed by atoms with Gasteiger partial charge in [0.1, 0.15) is 11.6 Å². The molecule has 0 unspecified atom stereocenters. The summed E-state index contributed by atoms with van der Waals surface area (Å²) in [6.07, 6.45) is -4.24. The standard InChI is InChI=1S/C21H15F6N3O/c22-15-5-6-16(23)18(24)14(15)9-30-8-7-13-17(10-30)28-19(29-20(13)31)11-1-3-12(4-2-11)21(25,26)27/h1-6H,7-10H2,(H,28,29,31). The number of halogens is 6. The average molecular weight is 439 g/mol. The number of nitrogens with one attached hydrogen (secondary N) is 1. The van der Waals surface area contributed by atoms with E-state index < -0.39 is 40.3 Å². The van der Waals surface area contributed by atoms with Crippen molar-refractivity contribution in [1.29, 1.82) is 0 Å². The predicted molar refractivity (Wildman–Crippen MR) is 99.4 cm³/mol. The smallest absolute Gasteiger partial charge is 0.306 e. The van der Waals surface area contributed by atoms with Crippen molar-refractivity contribution < 1.29 is 26.3 Å². The van der Waals surface area contributed by atoms with Crippen molar-refractivity contribution in [2.45, 2.75) is 25.7 Å². The van der Waals surface area contributed by atoms with E-state index in [0.29, 0.717) is 23.9 Å². The van der Waals surface area contributed by atoms with Crippen molar-refractivity contribution in [2.75, 3.05) is 6.54 Å². The van der Waals surface area contributed by atoms with Crippen molar-refractivity contribution in [3.8, 4) is 11.4 Å². The second kappa shape index (κ2) is 7.84. The van der Waals surface area contributed by atoms with Crippen molar-refractivity contribution >= 4 is 0 Å². The van der Waals surface area contributed by atoms with Gasteiger partial charge in [0.15, 0.2) is 11.6 Å². The van der Waals surface area contributed by atoms with Gasteiger partial charge in [-0.1, -0.05) is 12.1 Å². The number of hydrogen-bond donors (Lipinski definition) is 1. The lowest BCUT2D eigenvalue weighted by molar-refractivity contribution is -0.137. The van der Waals surface area contributed by atoms with E-state index in [9.17, 15) is 31.1 Å². The van der Waals surface area contributed by atoms with Crippen molar-refractivity contribution in [1.82, 2.24) is 14.9 Å². The van der Waals surface area contributed by atoms with Crippen LogP contribution in [0.2, 0.25) is 0 Å². The minimum Gasteiger partial charge on any atom is -0.306 e. The minimum atomic E-state index is -4.49. The molecule has 0 bridgehead atoms. The molecular weight excluding hydrogens is 424 g/mol. The fourth-order valence-electron chi connectivity index (χ4n) is 3.52. The van der Waals surface area contributed by atoms with Gasteiger partial charge in [0.2, 0.25) is 0 Å². The lowest BCUT2D eigenvalue weighted by atomic mass is 10.0. The highest BCUT2D eigenvalue weighted by atomic mass is 19.4. The van der Waals surface area contributed by atoms with E-state index in [-0.39, 0.29) is 30.9 Å². The number of fused-ring (bicyclic) bond motifs is 1. The third-order valence-electron chi connectivity index (χ3n) is 5.16. The third kappa shape index (κ3) is 4.20. The van der Waals surface area contributed by atoms with E-state index in [2.05, 4.69) is 9.97 Å². The van der Waals surface area contributed by atoms with E-state index in [0.717, 1.165) is 18.2 Å². The highest BCUT2D eigenvalue weighted by Gasteiger charge is 2.30. The highest BCUT2D eigenvalue weighted by Crippen LogP contribution is 2.30. The van der Waals surface area contributed by atoms with Crippen LogP contribution in [0, 0.1) is 17.5 Å². The zero-order chi connectivity index (χ0) is 22.3. The maximum atomic E-state index is 14.0. The van der Waals surface area contributed by atoms with Crippen LogP contribution in [-0.2, 0) is 25.7 Å². The first kappa shape index (κ1) is 21.1. The van der Waals surface area contributed by atoms with Crippen LogP contribution >= 0.6 is 0 Å². The lowest BCUT2D eigenvalue weighted by Crippen LogP contribution is -2.35. The van der Waals surface area contributed by atoms with Crippen LogP contribution in [0.5, 0.6) is 0 Å². The summed E-state index contributed by atoms with van der Waals surface area (Å²) in [4.78, 5) is 21.0. The molecule has 1 aliphatic heterocycles. The predicted octanol–water partition coefficient (Wildman–Crippen LogP) is 4.43. The SMILES string of the molecule is O=c1[nH]c(-c2ccc(C(F)(F)F)cc2)nc2c1CCN(Cc1c(F)ccc(F)c1F)C2. The van der Waals surface area contributed by atoms with Crippen molar-refractivity contribution in [3.63, 3.8) is 0 Å². The number of rotatable bonds is 3. The first-order valence-corrected chi connectivity index (χ1v) is 9.28. The van der Waals surface area contributed by atoms with Crippen molar-refractivity contribution in [3.05, 3.63) is 86.6 Å². The largest absolute Gasteiger partial charge is 0.416 e. The van der Waals surface area contributed by atoms with Crippen molar-refractivity contribution in [2.24, 2.45) is 0 Å². The molecule has 0 amide bonds. The number of aromatic amines is 1. The molecule has 4 nitrogen and oxygen atoms in total. The monoisotopic (exact) mass is 439 g/mol. The van der Waals surface area contributed by atoms with Gasteiger partial charge in [-0.15, -0.1) is 0 Å². The Bertz CT molecular complexity index is 1190. The summed E-state index contributed by atoms with van der Waals surface area (Å²) in [6.45, 7) is 0.147. The molecule has 10 heteroatoms. The van der Waals surface area contributed by atoms with Gasteiger partial charge in [0.25, 0.3) is 5.56 Å². The van der Waals surface area contributed by atoms with Crippen LogP contribution in [0.25, 0.3) is 11.4 Å². The molecule has 1 N–H and O–H groups in total. The van der Waals surface area contributed by atoms with E-state index in [1.807, 2.05) is 0 Å². The summed E-state index contributed by atoms with van der Waals surface area (Å²) >= 11 is 0. The Balaban J connectivity index is 1.62. The molecule has 2 aromatic carbocycles. The van der Waals surface area contributed by atoms with Gasteiger partial charge in [0, 0.05) is 36.3 Å². The third-order valence-corrected chi connectivity index (χ3v) is 5.16. The Morgan fingerprint density at radius 1 is 1.00 bits per heavy atom. The quantitative estimate of drug-likeness (QED) is 0.485. The molecule has 0 aliphatic carbocycles. The van der Waals surface area contributed by atoms with E-state index in [1.165, 1.54) is 12.1 Å². The van der Waals surface area contributed by atoms with Gasteiger partial charge < -0.3 is 4.98 Å². The second-order valence-electron chi connectivity index (χ2n) is 7.20. The molecule has 0 saturated carbocycles. The Morgan fingerprint density at radius 3 is 2.35 bits per heavy atom. The second-order valence-corrected chi connectivity index (χ2v) is 7.20. The number of nitrogens with zero attached hydrogens (tertiary/aromatic N) is 2. The summed E-state index contributed by atoms with van der Waals surface area (Å²) in [5.74, 6) is -3.22. The molecule has 0 spiro atoms. The summed E-state index contributed by atoms with van der Waals surface area (Å²) < 4.78 is 79.7. The maximum Gasteiger partial charge on any atom is 0.416 e. The lowest BCUT2D eigenvalue weighted by Gasteiger charge is -2.28. The summed E-state index contributed by atoms with van der Waals surface area (Å²) in [5.41, 5.74) is -0.651. The molecule has 3 aromatic rings. The van der Waals surface area contributed by atoms with Gasteiger partial charge in [-0.2, -0.15) is 13.2 Å². The van der Waals surface area contributed by atoms with Gasteiger partial charge in [-0.3, -0.25) is 9.69 Å². The van der Waals surface area contributed by atoms with Crippen LogP contribution in [0.3, 0.4) is 0 Å². The molecule has 4 rings (SSSR count). The first-order valence-electron chi connectivity index (χ1n) is 9.28. The van der Waals surface area contributed by atoms with Crippen LogP contribution in [0.15, 0.2) is 41.2 Å². The fraction of sp³-hybridized carbons (Fsp3) is 0.238. The summed E-state index contributed by atoms with van der Waals surface area (Å²) in [6, 6.07) is 5.72. The van der Waals surface area contributed by atoms with Crippen LogP contribution in [0.1, 0.15) is 22.4 Å². The summed E-state index contributed by atoms with van der Waals surface area (Å²) in [7, 11) is 0. The molecule has 0 radical (unpaired) electrons. The van der Waals surface area contributed by atoms with E-state index in [1.54, 1.807) is 4.90 Å². The Hall–Kier alpha value is -3.14. The molecule has 1 aliphatic rings. The number of alkyl halides is 3. The topological polar surface area (TPSA) is 49.0 Å². The first-order chi connectivity index (χ1) is 14.6. The minimum absolute atomic E-state index is 0.0717. The van der Waals surface area contributed by atoms with E-state index in [4.69, 9.17) is 0 Å². The molecule has 162 valence electrons. The maximum absolute atomic E-state index is 14.0. The molecule has 0 atom stereocenters. The van der Waals surface area contributed by atoms with Crippen LogP contribution in [0.4, 0.5) is 26.3 Å². The average Bonchev–Trinajstić information content (AvgIpc) is 2.73. The fourth-order valence-corrected chi connectivity index (χ4v) is 3.52. The number of H-pyrrole nitrogens is 1. The highest BCUT2D eigenvalue weighted by molar-refractivity contribution is 5.56. The molecule has 0 fully saturated rings. The zero-order valence-electron chi connectivity index (χ0n) is 15.9. The molecule has 1 aromatic heterocycles. The van der Waals surface area contributed by atoms with Gasteiger partial charge >= 0.3 is 6.18 Å². The molecular formula is C21H15F6N3O. The Morgan fingerprint density at radius 2 is 1.68 bits per heavy atom. The van der Waals surface area contributed by atoms with Crippen LogP contribution in [-0.4, -0.2) is 21.4 Å². The zero-order valence-corrected chi connectivity index (χ0v) is 15.9. The Kier molecular flexibility index (Phi) is 5.34. The number of benzene rings is 2. The normalized spacial score (nSPS) is 14.5.